The molecule has 2 fully saturated rings. The van der Waals surface area contributed by atoms with E-state index in [1.54, 1.807) is 0 Å². The van der Waals surface area contributed by atoms with E-state index in [1.165, 1.54) is 0 Å². The molecule has 6 heteroatoms. The summed E-state index contributed by atoms with van der Waals surface area (Å²) in [5, 5.41) is 10.2. The van der Waals surface area contributed by atoms with Crippen LogP contribution in [0.5, 0.6) is 0 Å². The topological polar surface area (TPSA) is 89.9 Å². The Balaban J connectivity index is 1.97. The summed E-state index contributed by atoms with van der Waals surface area (Å²) in [7, 11) is 0. The van der Waals surface area contributed by atoms with Crippen molar-refractivity contribution in [2.75, 3.05) is 0 Å². The van der Waals surface area contributed by atoms with Gasteiger partial charge in [-0.1, -0.05) is 54.4 Å². The molecular formula is C24H40O6. The predicted octanol–water partition coefficient (Wildman–Crippen LogP) is 3.92. The highest BCUT2D eigenvalue weighted by Crippen LogP contribution is 2.36. The molecule has 2 unspecified atom stereocenters. The molecule has 0 aromatic rings. The number of carbonyl (C=O) groups excluding carboxylic acids is 3. The summed E-state index contributed by atoms with van der Waals surface area (Å²) in [6, 6.07) is 0. The minimum absolute atomic E-state index is 0.178. The van der Waals surface area contributed by atoms with Crippen molar-refractivity contribution in [3.8, 4) is 0 Å². The van der Waals surface area contributed by atoms with E-state index in [0.717, 1.165) is 25.7 Å². The van der Waals surface area contributed by atoms with Crippen molar-refractivity contribution in [2.45, 2.75) is 98.4 Å². The third-order valence-electron chi connectivity index (χ3n) is 7.12. The predicted molar refractivity (Wildman–Crippen MR) is 113 cm³/mol. The van der Waals surface area contributed by atoms with E-state index in [4.69, 9.17) is 9.47 Å². The Morgan fingerprint density at radius 2 is 1.20 bits per heavy atom. The zero-order valence-electron chi connectivity index (χ0n) is 19.4. The molecule has 0 heterocycles. The molecule has 30 heavy (non-hydrogen) atoms. The Kier molecular flexibility index (Phi) is 8.89. The second-order valence-electron chi connectivity index (χ2n) is 10.3. The van der Waals surface area contributed by atoms with Crippen LogP contribution in [0, 0.1) is 35.5 Å². The lowest BCUT2D eigenvalue weighted by molar-refractivity contribution is -0.176. The van der Waals surface area contributed by atoms with Gasteiger partial charge in [-0.2, -0.15) is 0 Å². The van der Waals surface area contributed by atoms with Crippen LogP contribution in [0.3, 0.4) is 0 Å². The molecule has 0 spiro atoms. The Morgan fingerprint density at radius 1 is 0.767 bits per heavy atom. The molecule has 172 valence electrons. The summed E-state index contributed by atoms with van der Waals surface area (Å²) in [6.45, 7) is 12.5. The molecule has 0 saturated heterocycles. The monoisotopic (exact) mass is 424 g/mol. The SMILES string of the molecule is CC(C)[C@@H]1CC[C@@H](C)CC1OC(=O)C(O)C(=O)C(=O)O[C@@H]1C[C@H](C)CC[C@H]1C(C)C. The van der Waals surface area contributed by atoms with Crippen LogP contribution in [0.25, 0.3) is 0 Å². The summed E-state index contributed by atoms with van der Waals surface area (Å²) in [6.07, 6.45) is 2.58. The summed E-state index contributed by atoms with van der Waals surface area (Å²) >= 11 is 0. The first-order valence-corrected chi connectivity index (χ1v) is 11.6. The quantitative estimate of drug-likeness (QED) is 0.378. The van der Waals surface area contributed by atoms with E-state index in [9.17, 15) is 19.5 Å². The number of aliphatic hydroxyl groups is 1. The first-order chi connectivity index (χ1) is 14.0. The molecule has 0 aromatic heterocycles. The fourth-order valence-electron chi connectivity index (χ4n) is 5.13. The van der Waals surface area contributed by atoms with Crippen molar-refractivity contribution >= 4 is 17.7 Å². The van der Waals surface area contributed by atoms with E-state index in [-0.39, 0.29) is 24.0 Å². The molecule has 2 saturated carbocycles. The van der Waals surface area contributed by atoms with Gasteiger partial charge in [0.2, 0.25) is 6.10 Å². The maximum Gasteiger partial charge on any atom is 0.378 e. The number of Topliss-reactive ketones (excluding diaryl/α,β-unsaturated/α-hetero) is 1. The van der Waals surface area contributed by atoms with Crippen molar-refractivity contribution in [1.82, 2.24) is 0 Å². The van der Waals surface area contributed by atoms with Gasteiger partial charge in [-0.15, -0.1) is 0 Å². The summed E-state index contributed by atoms with van der Waals surface area (Å²) in [5.74, 6) is -1.57. The van der Waals surface area contributed by atoms with Gasteiger partial charge in [-0.05, 0) is 61.2 Å². The largest absolute Gasteiger partial charge is 0.460 e. The third-order valence-corrected chi connectivity index (χ3v) is 7.12. The van der Waals surface area contributed by atoms with Gasteiger partial charge in [0.05, 0.1) is 0 Å². The van der Waals surface area contributed by atoms with Crippen LogP contribution in [-0.4, -0.2) is 41.1 Å². The highest BCUT2D eigenvalue weighted by Gasteiger charge is 2.40. The van der Waals surface area contributed by atoms with Gasteiger partial charge in [0, 0.05) is 0 Å². The van der Waals surface area contributed by atoms with Crippen LogP contribution < -0.4 is 0 Å². The highest BCUT2D eigenvalue weighted by molar-refractivity contribution is 6.39. The molecular weight excluding hydrogens is 384 g/mol. The van der Waals surface area contributed by atoms with Crippen molar-refractivity contribution in [2.24, 2.45) is 35.5 Å². The number of carbonyl (C=O) groups is 3. The number of hydrogen-bond acceptors (Lipinski definition) is 6. The fraction of sp³-hybridized carbons (Fsp3) is 0.875. The van der Waals surface area contributed by atoms with E-state index in [1.807, 2.05) is 0 Å². The van der Waals surface area contributed by atoms with Crippen LogP contribution in [0.15, 0.2) is 0 Å². The van der Waals surface area contributed by atoms with Gasteiger partial charge in [-0.25, -0.2) is 9.59 Å². The molecule has 0 bridgehead atoms. The normalized spacial score (nSPS) is 33.2. The van der Waals surface area contributed by atoms with Gasteiger partial charge < -0.3 is 14.6 Å². The van der Waals surface area contributed by atoms with Gasteiger partial charge in [-0.3, -0.25) is 4.79 Å². The van der Waals surface area contributed by atoms with E-state index in [0.29, 0.717) is 36.5 Å². The first kappa shape index (κ1) is 24.8. The van der Waals surface area contributed by atoms with Crippen molar-refractivity contribution in [3.63, 3.8) is 0 Å². The molecule has 7 atom stereocenters. The zero-order chi connectivity index (χ0) is 22.6. The number of rotatable bonds is 7. The second kappa shape index (κ2) is 10.7. The Hall–Kier alpha value is -1.43. The Labute approximate surface area is 181 Å². The number of ketones is 1. The summed E-state index contributed by atoms with van der Waals surface area (Å²) in [4.78, 5) is 37.3. The van der Waals surface area contributed by atoms with Crippen LogP contribution >= 0.6 is 0 Å². The van der Waals surface area contributed by atoms with Crippen LogP contribution in [-0.2, 0) is 23.9 Å². The number of ether oxygens (including phenoxy) is 2. The molecule has 2 aliphatic rings. The zero-order valence-corrected chi connectivity index (χ0v) is 19.4. The molecule has 0 radical (unpaired) electrons. The molecule has 2 aliphatic carbocycles. The van der Waals surface area contributed by atoms with Crippen molar-refractivity contribution in [1.29, 1.82) is 0 Å². The standard InChI is InChI=1S/C24H40O6/c1-13(2)17-9-7-15(5)11-19(17)29-23(27)21(25)22(26)24(28)30-20-12-16(6)8-10-18(20)14(3)4/h13-21,25H,7-12H2,1-6H3/t15-,16-,17+,18+,19?,20-,21?/m1/s1. The number of hydrogen-bond donors (Lipinski definition) is 1. The molecule has 0 aromatic carbocycles. The number of esters is 2. The van der Waals surface area contributed by atoms with Crippen LogP contribution in [0.4, 0.5) is 0 Å². The molecule has 6 nitrogen and oxygen atoms in total. The number of aliphatic hydroxyl groups excluding tert-OH is 1. The third kappa shape index (κ3) is 6.29. The average Bonchev–Trinajstić information content (AvgIpc) is 2.66. The first-order valence-electron chi connectivity index (χ1n) is 11.6. The van der Waals surface area contributed by atoms with E-state index >= 15 is 0 Å². The van der Waals surface area contributed by atoms with Crippen LogP contribution in [0.2, 0.25) is 0 Å². The van der Waals surface area contributed by atoms with E-state index < -0.39 is 23.8 Å². The second-order valence-corrected chi connectivity index (χ2v) is 10.3. The highest BCUT2D eigenvalue weighted by atomic mass is 16.6. The van der Waals surface area contributed by atoms with Crippen molar-refractivity contribution in [3.05, 3.63) is 0 Å². The maximum atomic E-state index is 12.4. The van der Waals surface area contributed by atoms with Gasteiger partial charge in [0.1, 0.15) is 12.2 Å². The van der Waals surface area contributed by atoms with Gasteiger partial charge in [0.25, 0.3) is 5.78 Å². The Morgan fingerprint density at radius 3 is 1.63 bits per heavy atom. The van der Waals surface area contributed by atoms with Crippen molar-refractivity contribution < 1.29 is 29.0 Å². The lowest BCUT2D eigenvalue weighted by Crippen LogP contribution is -2.44. The smallest absolute Gasteiger partial charge is 0.378 e. The minimum atomic E-state index is -2.12. The van der Waals surface area contributed by atoms with Crippen LogP contribution in [0.1, 0.15) is 80.1 Å². The molecule has 1 N–H and O–H groups in total. The lowest BCUT2D eigenvalue weighted by atomic mass is 9.75. The summed E-state index contributed by atoms with van der Waals surface area (Å²) < 4.78 is 11.0. The summed E-state index contributed by atoms with van der Waals surface area (Å²) in [5.41, 5.74) is 0. The molecule has 0 amide bonds. The molecule has 2 rings (SSSR count). The van der Waals surface area contributed by atoms with E-state index in [2.05, 4.69) is 41.5 Å². The maximum absolute atomic E-state index is 12.4. The average molecular weight is 425 g/mol. The lowest BCUT2D eigenvalue weighted by Gasteiger charge is -2.37. The van der Waals surface area contributed by atoms with Gasteiger partial charge >= 0.3 is 11.9 Å². The molecule has 0 aliphatic heterocycles. The minimum Gasteiger partial charge on any atom is -0.460 e. The Bertz CT molecular complexity index is 613. The fourth-order valence-corrected chi connectivity index (χ4v) is 5.13. The van der Waals surface area contributed by atoms with Gasteiger partial charge in [0.15, 0.2) is 0 Å².